The molecule has 88 valence electrons. The van der Waals surface area contributed by atoms with Crippen molar-refractivity contribution in [1.82, 2.24) is 0 Å². The van der Waals surface area contributed by atoms with Crippen molar-refractivity contribution < 1.29 is 9.53 Å². The fourth-order valence-corrected chi connectivity index (χ4v) is 2.16. The first-order chi connectivity index (χ1) is 8.31. The van der Waals surface area contributed by atoms with Gasteiger partial charge in [0.15, 0.2) is 0 Å². The number of ether oxygens (including phenoxy) is 1. The van der Waals surface area contributed by atoms with Crippen LogP contribution in [0.2, 0.25) is 0 Å². The number of esters is 1. The molecule has 2 nitrogen and oxygen atoms in total. The quantitative estimate of drug-likeness (QED) is 0.632. The lowest BCUT2D eigenvalue weighted by atomic mass is 9.75. The van der Waals surface area contributed by atoms with Crippen LogP contribution in [0.5, 0.6) is 0 Å². The Kier molecular flexibility index (Phi) is 4.22. The van der Waals surface area contributed by atoms with Crippen LogP contribution >= 0.6 is 15.9 Å². The van der Waals surface area contributed by atoms with E-state index in [1.54, 1.807) is 12.1 Å². The topological polar surface area (TPSA) is 26.3 Å². The van der Waals surface area contributed by atoms with E-state index >= 15 is 0 Å². The first kappa shape index (κ1) is 12.2. The van der Waals surface area contributed by atoms with E-state index in [9.17, 15) is 4.79 Å². The van der Waals surface area contributed by atoms with Gasteiger partial charge in [0.2, 0.25) is 0 Å². The molecule has 1 saturated carbocycles. The molecule has 0 spiro atoms. The predicted octanol–water partition coefficient (Wildman–Crippen LogP) is 3.23. The van der Waals surface area contributed by atoms with Crippen molar-refractivity contribution in [2.75, 3.05) is 6.61 Å². The molecule has 0 aliphatic heterocycles. The minimum absolute atomic E-state index is 0.247. The van der Waals surface area contributed by atoms with Gasteiger partial charge in [0.1, 0.15) is 0 Å². The van der Waals surface area contributed by atoms with E-state index in [1.807, 2.05) is 18.2 Å². The molecule has 1 aromatic carbocycles. The summed E-state index contributed by atoms with van der Waals surface area (Å²) in [5, 5.41) is 0. The van der Waals surface area contributed by atoms with Gasteiger partial charge in [-0.05, 0) is 29.8 Å². The maximum Gasteiger partial charge on any atom is 0.338 e. The molecule has 0 amide bonds. The summed E-state index contributed by atoms with van der Waals surface area (Å²) >= 11 is 3.10. The third-order valence-electron chi connectivity index (χ3n) is 3.10. The van der Waals surface area contributed by atoms with Crippen LogP contribution in [0.15, 0.2) is 30.3 Å². The number of hydrogen-bond acceptors (Lipinski definition) is 2. The molecule has 0 aromatic heterocycles. The fourth-order valence-electron chi connectivity index (χ4n) is 1.87. The third-order valence-corrected chi connectivity index (χ3v) is 3.32. The van der Waals surface area contributed by atoms with E-state index in [-0.39, 0.29) is 5.97 Å². The number of carbonyl (C=O) groups excluding carboxylic acids is 1. The van der Waals surface area contributed by atoms with Gasteiger partial charge in [-0.15, -0.1) is 0 Å². The Hall–Kier alpha value is -1.27. The number of halogens is 1. The zero-order valence-electron chi connectivity index (χ0n) is 9.36. The van der Waals surface area contributed by atoms with Crippen molar-refractivity contribution in [1.29, 1.82) is 0 Å². The van der Waals surface area contributed by atoms with Gasteiger partial charge in [-0.2, -0.15) is 0 Å². The Bertz CT molecular complexity index is 444. The number of benzene rings is 1. The predicted molar refractivity (Wildman–Crippen MR) is 69.6 cm³/mol. The van der Waals surface area contributed by atoms with E-state index in [1.165, 1.54) is 0 Å². The smallest absolute Gasteiger partial charge is 0.338 e. The molecule has 1 aliphatic rings. The third kappa shape index (κ3) is 3.10. The van der Waals surface area contributed by atoms with Gasteiger partial charge < -0.3 is 4.74 Å². The highest BCUT2D eigenvalue weighted by Gasteiger charge is 2.30. The second-order valence-corrected chi connectivity index (χ2v) is 4.54. The van der Waals surface area contributed by atoms with Crippen LogP contribution in [-0.2, 0) is 4.74 Å². The fraction of sp³-hybridized carbons (Fsp3) is 0.357. The number of carbonyl (C=O) groups is 1. The molecule has 0 radical (unpaired) electrons. The molecule has 0 unspecified atom stereocenters. The van der Waals surface area contributed by atoms with Gasteiger partial charge in [0, 0.05) is 27.8 Å². The Balaban J connectivity index is 1.82. The monoisotopic (exact) mass is 292 g/mol. The summed E-state index contributed by atoms with van der Waals surface area (Å²) in [5.41, 5.74) is 0.606. The largest absolute Gasteiger partial charge is 0.462 e. The second-order valence-electron chi connectivity index (χ2n) is 4.15. The average Bonchev–Trinajstić information content (AvgIpc) is 2.35. The minimum atomic E-state index is -0.247. The van der Waals surface area contributed by atoms with E-state index < -0.39 is 0 Å². The first-order valence-corrected chi connectivity index (χ1v) is 6.44. The molecule has 0 bridgehead atoms. The van der Waals surface area contributed by atoms with Crippen molar-refractivity contribution >= 4 is 21.9 Å². The van der Waals surface area contributed by atoms with Gasteiger partial charge in [0.25, 0.3) is 0 Å². The molecule has 2 atom stereocenters. The molecule has 3 heteroatoms. The first-order valence-electron chi connectivity index (χ1n) is 5.64. The molecule has 0 saturated heterocycles. The second kappa shape index (κ2) is 5.88. The Morgan fingerprint density at radius 1 is 1.35 bits per heavy atom. The van der Waals surface area contributed by atoms with E-state index in [2.05, 4.69) is 26.7 Å². The standard InChI is InChI=1S/C14H13BrO2/c15-9-8-11-6-7-13(11)10-17-14(16)12-4-2-1-3-5-12/h1-5,11,13H,6-7,10H2/t11-,13-/m1/s1. The molecule has 0 heterocycles. The Morgan fingerprint density at radius 3 is 2.71 bits per heavy atom. The van der Waals surface area contributed by atoms with Crippen LogP contribution in [0, 0.1) is 22.6 Å². The summed E-state index contributed by atoms with van der Waals surface area (Å²) in [6, 6.07) is 9.07. The molecular formula is C14H13BrO2. The van der Waals surface area contributed by atoms with E-state index in [4.69, 9.17) is 4.74 Å². The lowest BCUT2D eigenvalue weighted by Crippen LogP contribution is -2.29. The molecule has 2 rings (SSSR count). The summed E-state index contributed by atoms with van der Waals surface area (Å²) in [6.45, 7) is 0.472. The van der Waals surface area contributed by atoms with Crippen LogP contribution in [0.4, 0.5) is 0 Å². The van der Waals surface area contributed by atoms with Crippen molar-refractivity contribution in [2.24, 2.45) is 11.8 Å². The normalized spacial score (nSPS) is 21.9. The maximum absolute atomic E-state index is 11.7. The Morgan fingerprint density at radius 2 is 2.12 bits per heavy atom. The summed E-state index contributed by atoms with van der Waals surface area (Å²) in [6.07, 6.45) is 2.20. The van der Waals surface area contributed by atoms with Gasteiger partial charge in [-0.25, -0.2) is 4.79 Å². The van der Waals surface area contributed by atoms with Crippen LogP contribution in [0.3, 0.4) is 0 Å². The highest BCUT2D eigenvalue weighted by atomic mass is 79.9. The molecule has 1 fully saturated rings. The lowest BCUT2D eigenvalue weighted by molar-refractivity contribution is 0.0310. The number of rotatable bonds is 3. The summed E-state index contributed by atoms with van der Waals surface area (Å²) < 4.78 is 5.29. The van der Waals surface area contributed by atoms with Gasteiger partial charge in [-0.3, -0.25) is 0 Å². The average molecular weight is 293 g/mol. The molecule has 1 aliphatic carbocycles. The maximum atomic E-state index is 11.7. The molecule has 17 heavy (non-hydrogen) atoms. The van der Waals surface area contributed by atoms with Crippen molar-refractivity contribution in [2.45, 2.75) is 12.8 Å². The summed E-state index contributed by atoms with van der Waals surface area (Å²) in [5.74, 6) is 3.59. The van der Waals surface area contributed by atoms with Crippen LogP contribution in [-0.4, -0.2) is 12.6 Å². The lowest BCUT2D eigenvalue weighted by Gasteiger charge is -2.32. The molecule has 1 aromatic rings. The van der Waals surface area contributed by atoms with Crippen LogP contribution < -0.4 is 0 Å². The minimum Gasteiger partial charge on any atom is -0.462 e. The van der Waals surface area contributed by atoms with Crippen molar-refractivity contribution in [3.05, 3.63) is 35.9 Å². The van der Waals surface area contributed by atoms with Crippen LogP contribution in [0.1, 0.15) is 23.2 Å². The molecular weight excluding hydrogens is 280 g/mol. The zero-order valence-corrected chi connectivity index (χ0v) is 10.9. The van der Waals surface area contributed by atoms with Gasteiger partial charge in [-0.1, -0.05) is 24.1 Å². The SMILES string of the molecule is O=C(OC[C@H]1CC[C@@H]1C#CBr)c1ccccc1. The highest BCUT2D eigenvalue weighted by molar-refractivity contribution is 9.12. The van der Waals surface area contributed by atoms with Gasteiger partial charge in [0.05, 0.1) is 12.2 Å². The summed E-state index contributed by atoms with van der Waals surface area (Å²) in [4.78, 5) is 14.4. The van der Waals surface area contributed by atoms with Crippen molar-refractivity contribution in [3.63, 3.8) is 0 Å². The van der Waals surface area contributed by atoms with E-state index in [0.717, 1.165) is 12.8 Å². The summed E-state index contributed by atoms with van der Waals surface area (Å²) in [7, 11) is 0. The van der Waals surface area contributed by atoms with Gasteiger partial charge >= 0.3 is 5.97 Å². The number of hydrogen-bond donors (Lipinski definition) is 0. The zero-order chi connectivity index (χ0) is 12.1. The van der Waals surface area contributed by atoms with Crippen LogP contribution in [0.25, 0.3) is 0 Å². The van der Waals surface area contributed by atoms with Crippen molar-refractivity contribution in [3.8, 4) is 10.8 Å². The molecule has 0 N–H and O–H groups in total. The highest BCUT2D eigenvalue weighted by Crippen LogP contribution is 2.34. The Labute approximate surface area is 109 Å². The van der Waals surface area contributed by atoms with E-state index in [0.29, 0.717) is 24.0 Å².